The number of halogens is 2. The minimum atomic E-state index is -1.10. The third-order valence-corrected chi connectivity index (χ3v) is 3.76. The fourth-order valence-corrected chi connectivity index (χ4v) is 2.37. The lowest BCUT2D eigenvalue weighted by atomic mass is 9.85. The fraction of sp³-hybridized carbons (Fsp3) is 0.250. The summed E-state index contributed by atoms with van der Waals surface area (Å²) >= 11 is 6.12. The molecule has 0 aliphatic heterocycles. The van der Waals surface area contributed by atoms with Gasteiger partial charge in [0.05, 0.1) is 5.60 Å². The second-order valence-electron chi connectivity index (χ2n) is 4.66. The summed E-state index contributed by atoms with van der Waals surface area (Å²) in [5.74, 6) is -0.344. The van der Waals surface area contributed by atoms with Gasteiger partial charge in [0.25, 0.3) is 0 Å². The first-order valence-electron chi connectivity index (χ1n) is 6.27. The van der Waals surface area contributed by atoms with Crippen LogP contribution < -0.4 is 0 Å². The second-order valence-corrected chi connectivity index (χ2v) is 5.07. The van der Waals surface area contributed by atoms with E-state index in [1.54, 1.807) is 18.2 Å². The quantitative estimate of drug-likeness (QED) is 0.883. The molecule has 2 rings (SSSR count). The smallest absolute Gasteiger partial charge is 0.123 e. The summed E-state index contributed by atoms with van der Waals surface area (Å²) in [6.45, 7) is 1.88. The predicted molar refractivity (Wildman–Crippen MR) is 75.7 cm³/mol. The average molecular weight is 279 g/mol. The van der Waals surface area contributed by atoms with E-state index < -0.39 is 5.60 Å². The summed E-state index contributed by atoms with van der Waals surface area (Å²) in [6, 6.07) is 13.5. The van der Waals surface area contributed by atoms with Gasteiger partial charge in [-0.3, -0.25) is 0 Å². The molecular formula is C16H16ClFO. The molecule has 0 spiro atoms. The zero-order chi connectivity index (χ0) is 13.9. The molecule has 0 heterocycles. The van der Waals surface area contributed by atoms with E-state index in [1.165, 1.54) is 12.1 Å². The highest BCUT2D eigenvalue weighted by atomic mass is 35.5. The Morgan fingerprint density at radius 3 is 2.53 bits per heavy atom. The Morgan fingerprint density at radius 1 is 1.16 bits per heavy atom. The van der Waals surface area contributed by atoms with Crippen molar-refractivity contribution < 1.29 is 9.50 Å². The summed E-state index contributed by atoms with van der Waals surface area (Å²) in [5.41, 5.74) is 0.334. The molecule has 0 fully saturated rings. The van der Waals surface area contributed by atoms with Crippen molar-refractivity contribution >= 4 is 11.6 Å². The Bertz CT molecular complexity index is 570. The molecule has 0 radical (unpaired) electrons. The molecule has 0 amide bonds. The highest BCUT2D eigenvalue weighted by molar-refractivity contribution is 6.31. The zero-order valence-corrected chi connectivity index (χ0v) is 11.5. The van der Waals surface area contributed by atoms with E-state index >= 15 is 0 Å². The molecule has 1 N–H and O–H groups in total. The first-order chi connectivity index (χ1) is 9.05. The molecule has 0 aromatic heterocycles. The van der Waals surface area contributed by atoms with Gasteiger partial charge in [-0.1, -0.05) is 48.9 Å². The maximum Gasteiger partial charge on any atom is 0.123 e. The largest absolute Gasteiger partial charge is 0.385 e. The van der Waals surface area contributed by atoms with Crippen LogP contribution in [0, 0.1) is 5.82 Å². The molecule has 0 aliphatic carbocycles. The van der Waals surface area contributed by atoms with Gasteiger partial charge in [0.2, 0.25) is 0 Å². The SMILES string of the molecule is CCC(O)(Cc1ccccc1Cl)c1cccc(F)c1. The van der Waals surface area contributed by atoms with Crippen LogP contribution in [0.1, 0.15) is 24.5 Å². The maximum atomic E-state index is 13.3. The minimum Gasteiger partial charge on any atom is -0.385 e. The second kappa shape index (κ2) is 5.72. The third-order valence-electron chi connectivity index (χ3n) is 3.39. The van der Waals surface area contributed by atoms with Crippen molar-refractivity contribution in [2.75, 3.05) is 0 Å². The van der Waals surface area contributed by atoms with E-state index in [1.807, 2.05) is 25.1 Å². The Hall–Kier alpha value is -1.38. The monoisotopic (exact) mass is 278 g/mol. The molecule has 1 nitrogen and oxygen atoms in total. The Balaban J connectivity index is 2.36. The zero-order valence-electron chi connectivity index (χ0n) is 10.7. The number of hydrogen-bond donors (Lipinski definition) is 1. The van der Waals surface area contributed by atoms with Crippen LogP contribution in [0.5, 0.6) is 0 Å². The lowest BCUT2D eigenvalue weighted by Crippen LogP contribution is -2.28. The Labute approximate surface area is 117 Å². The first kappa shape index (κ1) is 14.0. The Morgan fingerprint density at radius 2 is 1.89 bits per heavy atom. The van der Waals surface area contributed by atoms with E-state index in [-0.39, 0.29) is 5.82 Å². The van der Waals surface area contributed by atoms with Crippen LogP contribution in [-0.4, -0.2) is 5.11 Å². The molecular weight excluding hydrogens is 263 g/mol. The van der Waals surface area contributed by atoms with E-state index in [0.717, 1.165) is 5.56 Å². The van der Waals surface area contributed by atoms with Gasteiger partial charge in [0, 0.05) is 11.4 Å². The third kappa shape index (κ3) is 3.14. The first-order valence-corrected chi connectivity index (χ1v) is 6.65. The standard InChI is InChI=1S/C16H16ClFO/c1-2-16(19,13-7-5-8-14(18)10-13)11-12-6-3-4-9-15(12)17/h3-10,19H,2,11H2,1H3. The lowest BCUT2D eigenvalue weighted by Gasteiger charge is -2.28. The molecule has 0 aliphatic rings. The number of aliphatic hydroxyl groups is 1. The maximum absolute atomic E-state index is 13.3. The van der Waals surface area contributed by atoms with E-state index in [0.29, 0.717) is 23.4 Å². The van der Waals surface area contributed by atoms with Gasteiger partial charge in [0.15, 0.2) is 0 Å². The predicted octanol–water partition coefficient (Wildman–Crippen LogP) is 4.32. The normalized spacial score (nSPS) is 14.1. The van der Waals surface area contributed by atoms with Crippen LogP contribution in [0.4, 0.5) is 4.39 Å². The van der Waals surface area contributed by atoms with Gasteiger partial charge in [-0.2, -0.15) is 0 Å². The molecule has 3 heteroatoms. The fourth-order valence-electron chi connectivity index (χ4n) is 2.17. The molecule has 2 aromatic carbocycles. The highest BCUT2D eigenvalue weighted by Crippen LogP contribution is 2.31. The van der Waals surface area contributed by atoms with E-state index in [4.69, 9.17) is 11.6 Å². The van der Waals surface area contributed by atoms with Crippen molar-refractivity contribution in [2.45, 2.75) is 25.4 Å². The molecule has 100 valence electrons. The van der Waals surface area contributed by atoms with Crippen LogP contribution in [0.25, 0.3) is 0 Å². The van der Waals surface area contributed by atoms with Crippen LogP contribution in [0.15, 0.2) is 48.5 Å². The van der Waals surface area contributed by atoms with Crippen LogP contribution >= 0.6 is 11.6 Å². The molecule has 1 unspecified atom stereocenters. The molecule has 19 heavy (non-hydrogen) atoms. The van der Waals surface area contributed by atoms with Crippen molar-refractivity contribution in [1.29, 1.82) is 0 Å². The molecule has 1 atom stereocenters. The number of hydrogen-bond acceptors (Lipinski definition) is 1. The van der Waals surface area contributed by atoms with E-state index in [9.17, 15) is 9.50 Å². The van der Waals surface area contributed by atoms with Gasteiger partial charge in [-0.05, 0) is 35.7 Å². The van der Waals surface area contributed by atoms with Crippen molar-refractivity contribution in [3.05, 3.63) is 70.5 Å². The summed E-state index contributed by atoms with van der Waals surface area (Å²) < 4.78 is 13.3. The van der Waals surface area contributed by atoms with Crippen molar-refractivity contribution in [3.8, 4) is 0 Å². The van der Waals surface area contributed by atoms with Crippen molar-refractivity contribution in [2.24, 2.45) is 0 Å². The minimum absolute atomic E-state index is 0.344. The molecule has 2 aromatic rings. The average Bonchev–Trinajstić information content (AvgIpc) is 2.41. The summed E-state index contributed by atoms with van der Waals surface area (Å²) in [5, 5.41) is 11.4. The molecule has 0 bridgehead atoms. The van der Waals surface area contributed by atoms with E-state index in [2.05, 4.69) is 0 Å². The van der Waals surface area contributed by atoms with Crippen molar-refractivity contribution in [3.63, 3.8) is 0 Å². The highest BCUT2D eigenvalue weighted by Gasteiger charge is 2.28. The van der Waals surface area contributed by atoms with Crippen LogP contribution in [-0.2, 0) is 12.0 Å². The van der Waals surface area contributed by atoms with Crippen molar-refractivity contribution in [1.82, 2.24) is 0 Å². The lowest BCUT2D eigenvalue weighted by molar-refractivity contribution is 0.0324. The Kier molecular flexibility index (Phi) is 4.23. The van der Waals surface area contributed by atoms with Gasteiger partial charge in [-0.25, -0.2) is 4.39 Å². The summed E-state index contributed by atoms with van der Waals surface area (Å²) in [4.78, 5) is 0. The molecule has 0 saturated heterocycles. The molecule has 0 saturated carbocycles. The van der Waals surface area contributed by atoms with Gasteiger partial charge < -0.3 is 5.11 Å². The van der Waals surface area contributed by atoms with Crippen LogP contribution in [0.3, 0.4) is 0 Å². The van der Waals surface area contributed by atoms with Gasteiger partial charge in [0.1, 0.15) is 5.82 Å². The number of rotatable bonds is 4. The summed E-state index contributed by atoms with van der Waals surface area (Å²) in [7, 11) is 0. The topological polar surface area (TPSA) is 20.2 Å². The summed E-state index contributed by atoms with van der Waals surface area (Å²) in [6.07, 6.45) is 0.855. The van der Waals surface area contributed by atoms with Crippen LogP contribution in [0.2, 0.25) is 5.02 Å². The number of benzene rings is 2. The van der Waals surface area contributed by atoms with Gasteiger partial charge >= 0.3 is 0 Å². The van der Waals surface area contributed by atoms with Gasteiger partial charge in [-0.15, -0.1) is 0 Å².